The minimum absolute atomic E-state index is 0.0594. The number of hydrogen-bond donors (Lipinski definition) is 3. The second kappa shape index (κ2) is 9.28. The highest BCUT2D eigenvalue weighted by Gasteiger charge is 2.49. The van der Waals surface area contributed by atoms with Gasteiger partial charge in [-0.15, -0.1) is 13.2 Å². The number of nitrogens with zero attached hydrogens (tertiary/aromatic N) is 1. The van der Waals surface area contributed by atoms with E-state index in [2.05, 4.69) is 20.7 Å². The Balaban J connectivity index is 1.61. The average Bonchev–Trinajstić information content (AvgIpc) is 2.93. The van der Waals surface area contributed by atoms with Crippen molar-refractivity contribution in [2.75, 3.05) is 6.54 Å². The van der Waals surface area contributed by atoms with Crippen LogP contribution in [-0.2, 0) is 15.1 Å². The molecule has 0 bridgehead atoms. The van der Waals surface area contributed by atoms with Gasteiger partial charge in [0, 0.05) is 6.04 Å². The fraction of sp³-hybridized carbons (Fsp3) is 0.524. The van der Waals surface area contributed by atoms with Gasteiger partial charge >= 0.3 is 18.4 Å². The predicted octanol–water partition coefficient (Wildman–Crippen LogP) is 2.76. The van der Waals surface area contributed by atoms with Crippen molar-refractivity contribution in [1.29, 1.82) is 0 Å². The van der Waals surface area contributed by atoms with Crippen molar-refractivity contribution in [2.24, 2.45) is 5.92 Å². The van der Waals surface area contributed by atoms with Crippen LogP contribution in [0, 0.1) is 5.92 Å². The molecule has 9 nitrogen and oxygen atoms in total. The topological polar surface area (TPSA) is 117 Å². The van der Waals surface area contributed by atoms with E-state index in [4.69, 9.17) is 0 Å². The molecule has 3 atom stereocenters. The van der Waals surface area contributed by atoms with Crippen molar-refractivity contribution in [2.45, 2.75) is 57.5 Å². The molecule has 12 heteroatoms. The Labute approximate surface area is 188 Å². The van der Waals surface area contributed by atoms with Gasteiger partial charge in [-0.25, -0.2) is 9.59 Å². The Bertz CT molecular complexity index is 937. The van der Waals surface area contributed by atoms with Crippen LogP contribution in [-0.4, -0.2) is 47.7 Å². The van der Waals surface area contributed by atoms with E-state index in [9.17, 15) is 32.3 Å². The maximum absolute atomic E-state index is 12.9. The van der Waals surface area contributed by atoms with Crippen LogP contribution in [0.5, 0.6) is 5.75 Å². The van der Waals surface area contributed by atoms with E-state index >= 15 is 0 Å². The van der Waals surface area contributed by atoms with E-state index in [1.165, 1.54) is 19.1 Å². The molecule has 1 heterocycles. The number of alkyl halides is 3. The van der Waals surface area contributed by atoms with Crippen molar-refractivity contribution in [3.63, 3.8) is 0 Å². The molecule has 1 aromatic rings. The molecule has 1 saturated carbocycles. The number of hydrogen-bond acceptors (Lipinski definition) is 5. The molecule has 0 radical (unpaired) electrons. The fourth-order valence-corrected chi connectivity index (χ4v) is 4.07. The molecule has 0 aromatic heterocycles. The van der Waals surface area contributed by atoms with Crippen LogP contribution < -0.4 is 20.7 Å². The first-order valence-corrected chi connectivity index (χ1v) is 10.5. The van der Waals surface area contributed by atoms with Crippen molar-refractivity contribution < 1.29 is 37.1 Å². The summed E-state index contributed by atoms with van der Waals surface area (Å²) in [6.07, 6.45) is -1.02. The monoisotopic (exact) mass is 470 g/mol. The van der Waals surface area contributed by atoms with E-state index in [1.54, 1.807) is 0 Å². The Morgan fingerprint density at radius 1 is 1.18 bits per heavy atom. The Hall–Kier alpha value is -3.31. The van der Waals surface area contributed by atoms with E-state index in [0.29, 0.717) is 4.90 Å². The second-order valence-electron chi connectivity index (χ2n) is 8.41. The molecule has 1 aliphatic carbocycles. The smallest absolute Gasteiger partial charge is 0.406 e. The molecule has 180 valence electrons. The van der Waals surface area contributed by atoms with Crippen molar-refractivity contribution >= 4 is 23.9 Å². The summed E-state index contributed by atoms with van der Waals surface area (Å²) in [5.41, 5.74) is -1.41. The molecular formula is C21H25F3N4O5. The van der Waals surface area contributed by atoms with Gasteiger partial charge in [0.15, 0.2) is 0 Å². The summed E-state index contributed by atoms with van der Waals surface area (Å²) in [6, 6.07) is 2.82. The summed E-state index contributed by atoms with van der Waals surface area (Å²) in [5.74, 6) is -1.84. The Kier molecular flexibility index (Phi) is 6.84. The zero-order valence-electron chi connectivity index (χ0n) is 18.1. The quantitative estimate of drug-likeness (QED) is 0.573. The summed E-state index contributed by atoms with van der Waals surface area (Å²) in [7, 11) is 0. The van der Waals surface area contributed by atoms with Gasteiger partial charge < -0.3 is 15.4 Å². The first-order valence-electron chi connectivity index (χ1n) is 10.5. The highest BCUT2D eigenvalue weighted by Crippen LogP contribution is 2.31. The van der Waals surface area contributed by atoms with E-state index in [1.807, 2.05) is 6.92 Å². The zero-order valence-corrected chi connectivity index (χ0v) is 18.1. The molecule has 33 heavy (non-hydrogen) atoms. The summed E-state index contributed by atoms with van der Waals surface area (Å²) in [4.78, 5) is 50.3. The van der Waals surface area contributed by atoms with Crippen LogP contribution in [0.3, 0.4) is 0 Å². The van der Waals surface area contributed by atoms with Crippen LogP contribution >= 0.6 is 0 Å². The van der Waals surface area contributed by atoms with Crippen LogP contribution in [0.4, 0.5) is 22.8 Å². The minimum Gasteiger partial charge on any atom is -0.406 e. The van der Waals surface area contributed by atoms with E-state index in [0.717, 1.165) is 37.8 Å². The summed E-state index contributed by atoms with van der Waals surface area (Å²) >= 11 is 0. The van der Waals surface area contributed by atoms with Crippen molar-refractivity contribution in [3.05, 3.63) is 29.8 Å². The van der Waals surface area contributed by atoms with Gasteiger partial charge in [0.1, 0.15) is 17.8 Å². The molecule has 1 aliphatic heterocycles. The molecule has 3 rings (SSSR count). The molecule has 1 saturated heterocycles. The first kappa shape index (κ1) is 24.3. The van der Waals surface area contributed by atoms with Crippen LogP contribution in [0.1, 0.15) is 45.1 Å². The van der Waals surface area contributed by atoms with Crippen LogP contribution in [0.2, 0.25) is 0 Å². The van der Waals surface area contributed by atoms with Gasteiger partial charge in [0.05, 0.1) is 0 Å². The highest BCUT2D eigenvalue weighted by atomic mass is 19.4. The second-order valence-corrected chi connectivity index (χ2v) is 8.41. The average molecular weight is 470 g/mol. The molecule has 3 N–H and O–H groups in total. The number of ether oxygens (including phenoxy) is 1. The SMILES string of the molecule is CC1CCCCC1NC(=O)NC(=O)CN1C(=O)NC(C)(c2ccc(OC(F)(F)F)cc2)C1=O. The number of imide groups is 2. The molecule has 6 amide bonds. The number of rotatable bonds is 5. The number of amides is 6. The lowest BCUT2D eigenvalue weighted by molar-refractivity contribution is -0.274. The summed E-state index contributed by atoms with van der Waals surface area (Å²) < 4.78 is 40.8. The minimum atomic E-state index is -4.87. The fourth-order valence-electron chi connectivity index (χ4n) is 4.07. The number of benzene rings is 1. The Morgan fingerprint density at radius 2 is 1.82 bits per heavy atom. The Morgan fingerprint density at radius 3 is 2.42 bits per heavy atom. The van der Waals surface area contributed by atoms with Gasteiger partial charge in [-0.1, -0.05) is 31.9 Å². The zero-order chi connectivity index (χ0) is 24.4. The predicted molar refractivity (Wildman–Crippen MR) is 109 cm³/mol. The number of carbonyl (C=O) groups is 4. The van der Waals surface area contributed by atoms with E-state index in [-0.39, 0.29) is 17.5 Å². The largest absolute Gasteiger partial charge is 0.573 e. The molecular weight excluding hydrogens is 445 g/mol. The molecule has 2 aliphatic rings. The van der Waals surface area contributed by atoms with Gasteiger partial charge in [0.25, 0.3) is 5.91 Å². The summed E-state index contributed by atoms with van der Waals surface area (Å²) in [5, 5.41) is 7.31. The maximum Gasteiger partial charge on any atom is 0.573 e. The standard InChI is InChI=1S/C21H25F3N4O5/c1-12-5-3-4-6-15(12)25-18(31)26-16(29)11-28-17(30)20(2,27-19(28)32)13-7-9-14(10-8-13)33-21(22,23)24/h7-10,12,15H,3-6,11H2,1-2H3,(H,27,32)(H2,25,26,29,31). The van der Waals surface area contributed by atoms with Gasteiger partial charge in [-0.3, -0.25) is 19.8 Å². The molecule has 2 fully saturated rings. The number of halogens is 3. The van der Waals surface area contributed by atoms with Crippen LogP contribution in [0.15, 0.2) is 24.3 Å². The molecule has 3 unspecified atom stereocenters. The van der Waals surface area contributed by atoms with Crippen LogP contribution in [0.25, 0.3) is 0 Å². The van der Waals surface area contributed by atoms with Gasteiger partial charge in [-0.2, -0.15) is 0 Å². The van der Waals surface area contributed by atoms with E-state index < -0.39 is 48.1 Å². The highest BCUT2D eigenvalue weighted by molar-refractivity contribution is 6.10. The third-order valence-corrected chi connectivity index (χ3v) is 5.92. The summed E-state index contributed by atoms with van der Waals surface area (Å²) in [6.45, 7) is 2.69. The normalized spacial score (nSPS) is 25.4. The number of carbonyl (C=O) groups excluding carboxylic acids is 4. The lowest BCUT2D eigenvalue weighted by atomic mass is 9.86. The third kappa shape index (κ3) is 5.74. The third-order valence-electron chi connectivity index (χ3n) is 5.92. The maximum atomic E-state index is 12.9. The van der Waals surface area contributed by atoms with Gasteiger partial charge in [0.2, 0.25) is 5.91 Å². The van der Waals surface area contributed by atoms with Crippen molar-refractivity contribution in [1.82, 2.24) is 20.9 Å². The lowest BCUT2D eigenvalue weighted by Gasteiger charge is -2.29. The number of urea groups is 2. The number of nitrogens with one attached hydrogen (secondary N) is 3. The molecule has 0 spiro atoms. The lowest BCUT2D eigenvalue weighted by Crippen LogP contribution is -2.50. The molecule has 1 aromatic carbocycles. The van der Waals surface area contributed by atoms with Crippen molar-refractivity contribution in [3.8, 4) is 5.75 Å². The van der Waals surface area contributed by atoms with Gasteiger partial charge in [-0.05, 0) is 43.4 Å². The first-order chi connectivity index (χ1) is 15.4.